The predicted molar refractivity (Wildman–Crippen MR) is 124 cm³/mol. The second-order valence-electron chi connectivity index (χ2n) is 7.26. The number of nitrogens with zero attached hydrogens (tertiary/aromatic N) is 2. The zero-order valence-electron chi connectivity index (χ0n) is 17.5. The van der Waals surface area contributed by atoms with Gasteiger partial charge in [-0.05, 0) is 60.2 Å². The first kappa shape index (κ1) is 20.8. The van der Waals surface area contributed by atoms with Gasteiger partial charge >= 0.3 is 6.03 Å². The van der Waals surface area contributed by atoms with Crippen LogP contribution >= 0.6 is 11.8 Å². The number of carbonyl (C=O) groups is 3. The van der Waals surface area contributed by atoms with Crippen molar-refractivity contribution in [1.82, 2.24) is 15.3 Å². The number of aryl methyl sites for hydroxylation is 1. The molecule has 1 fully saturated rings. The molecule has 2 aromatic carbocycles. The number of H-pyrrole nitrogens is 1. The number of amides is 4. The van der Waals surface area contributed by atoms with Gasteiger partial charge in [0.15, 0.2) is 10.2 Å². The molecule has 0 unspecified atom stereocenters. The summed E-state index contributed by atoms with van der Waals surface area (Å²) in [7, 11) is 0. The molecule has 33 heavy (non-hydrogen) atoms. The summed E-state index contributed by atoms with van der Waals surface area (Å²) >= 11 is 1.29. The van der Waals surface area contributed by atoms with E-state index >= 15 is 0 Å². The number of hydrogen-bond acceptors (Lipinski definition) is 6. The molecule has 3 heterocycles. The summed E-state index contributed by atoms with van der Waals surface area (Å²) in [6.45, 7) is 1.93. The number of aromatic nitrogens is 2. The van der Waals surface area contributed by atoms with Crippen molar-refractivity contribution in [1.29, 1.82) is 0 Å². The molecule has 0 atom stereocenters. The van der Waals surface area contributed by atoms with Gasteiger partial charge in [-0.15, -0.1) is 0 Å². The van der Waals surface area contributed by atoms with E-state index in [1.54, 1.807) is 24.3 Å². The van der Waals surface area contributed by atoms with E-state index in [0.29, 0.717) is 28.1 Å². The van der Waals surface area contributed by atoms with Crippen molar-refractivity contribution in [2.24, 2.45) is 0 Å². The zero-order chi connectivity index (χ0) is 22.9. The van der Waals surface area contributed by atoms with Gasteiger partial charge in [-0.2, -0.15) is 0 Å². The number of hydrogen-bond donors (Lipinski definition) is 2. The van der Waals surface area contributed by atoms with E-state index in [4.69, 9.17) is 4.42 Å². The fourth-order valence-corrected chi connectivity index (χ4v) is 4.36. The topological polar surface area (TPSA) is 108 Å². The lowest BCUT2D eigenvalue weighted by molar-refractivity contribution is -0.122. The summed E-state index contributed by atoms with van der Waals surface area (Å²) in [6.07, 6.45) is 1.97. The van der Waals surface area contributed by atoms with Gasteiger partial charge in [0.05, 0.1) is 16.7 Å². The molecule has 5 rings (SSSR count). The van der Waals surface area contributed by atoms with Gasteiger partial charge in [0.1, 0.15) is 11.3 Å². The number of urea groups is 1. The standard InChI is InChI=1S/C24H18N4O4S/c1-2-14-7-3-6-10-19(14)28-22(30)16(21(29)27-24(28)31)13-15-11-12-20(32-15)33-23-25-17-8-4-5-9-18(17)26-23/h3-13H,2H2,1H3,(H,25,26)(H,27,29,31)/b16-13+. The molecule has 4 aromatic rings. The second kappa shape index (κ2) is 8.44. The van der Waals surface area contributed by atoms with E-state index in [9.17, 15) is 14.4 Å². The number of nitrogens with one attached hydrogen (secondary N) is 2. The molecule has 1 aliphatic heterocycles. The van der Waals surface area contributed by atoms with Crippen LogP contribution in [0.15, 0.2) is 80.9 Å². The zero-order valence-corrected chi connectivity index (χ0v) is 18.3. The lowest BCUT2D eigenvalue weighted by Crippen LogP contribution is -2.54. The Hall–Kier alpha value is -4.11. The van der Waals surface area contributed by atoms with Gasteiger partial charge in [-0.3, -0.25) is 14.9 Å². The quantitative estimate of drug-likeness (QED) is 0.336. The van der Waals surface area contributed by atoms with Crippen LogP contribution < -0.4 is 10.2 Å². The van der Waals surface area contributed by atoms with E-state index < -0.39 is 17.8 Å². The lowest BCUT2D eigenvalue weighted by Gasteiger charge is -2.27. The van der Waals surface area contributed by atoms with Gasteiger partial charge in [-0.25, -0.2) is 14.7 Å². The number of rotatable bonds is 5. The summed E-state index contributed by atoms with van der Waals surface area (Å²) in [5.74, 6) is -1.16. The van der Waals surface area contributed by atoms with Crippen LogP contribution in [0, 0.1) is 0 Å². The Labute approximate surface area is 192 Å². The van der Waals surface area contributed by atoms with Gasteiger partial charge in [-0.1, -0.05) is 37.3 Å². The minimum absolute atomic E-state index is 0.185. The Morgan fingerprint density at radius 2 is 1.82 bits per heavy atom. The number of para-hydroxylation sites is 3. The number of benzene rings is 2. The highest BCUT2D eigenvalue weighted by Gasteiger charge is 2.37. The highest BCUT2D eigenvalue weighted by Crippen LogP contribution is 2.30. The molecule has 0 spiro atoms. The van der Waals surface area contributed by atoms with Crippen LogP contribution in [0.1, 0.15) is 18.2 Å². The molecule has 0 aliphatic carbocycles. The lowest BCUT2D eigenvalue weighted by atomic mass is 10.1. The maximum Gasteiger partial charge on any atom is 0.335 e. The highest BCUT2D eigenvalue weighted by molar-refractivity contribution is 7.99. The van der Waals surface area contributed by atoms with Crippen molar-refractivity contribution in [2.75, 3.05) is 4.90 Å². The molecule has 0 bridgehead atoms. The molecule has 4 amide bonds. The maximum atomic E-state index is 13.1. The number of carbonyl (C=O) groups excluding carboxylic acids is 3. The number of barbiturate groups is 1. The fraction of sp³-hybridized carbons (Fsp3) is 0.0833. The first-order valence-corrected chi connectivity index (χ1v) is 11.1. The van der Waals surface area contributed by atoms with E-state index in [0.717, 1.165) is 21.5 Å². The number of anilines is 1. The van der Waals surface area contributed by atoms with E-state index in [1.807, 2.05) is 43.3 Å². The highest BCUT2D eigenvalue weighted by atomic mass is 32.2. The molecule has 2 aromatic heterocycles. The summed E-state index contributed by atoms with van der Waals surface area (Å²) < 4.78 is 5.79. The van der Waals surface area contributed by atoms with Crippen molar-refractivity contribution < 1.29 is 18.8 Å². The Morgan fingerprint density at radius 3 is 2.64 bits per heavy atom. The van der Waals surface area contributed by atoms with Crippen LogP contribution in [0.3, 0.4) is 0 Å². The Balaban J connectivity index is 1.42. The van der Waals surface area contributed by atoms with Crippen LogP contribution in [0.5, 0.6) is 0 Å². The third kappa shape index (κ3) is 3.94. The number of imide groups is 2. The summed E-state index contributed by atoms with van der Waals surface area (Å²) in [5, 5.41) is 3.43. The van der Waals surface area contributed by atoms with Crippen LogP contribution in [0.2, 0.25) is 0 Å². The largest absolute Gasteiger partial charge is 0.450 e. The summed E-state index contributed by atoms with van der Waals surface area (Å²) in [5.41, 5.74) is 2.83. The average molecular weight is 458 g/mol. The number of furan rings is 1. The van der Waals surface area contributed by atoms with Crippen molar-refractivity contribution in [3.8, 4) is 0 Å². The normalized spacial score (nSPS) is 15.5. The predicted octanol–water partition coefficient (Wildman–Crippen LogP) is 4.54. The van der Waals surface area contributed by atoms with Crippen LogP contribution in [-0.4, -0.2) is 27.8 Å². The second-order valence-corrected chi connectivity index (χ2v) is 8.25. The third-order valence-corrected chi connectivity index (χ3v) is 5.98. The molecule has 0 radical (unpaired) electrons. The van der Waals surface area contributed by atoms with Crippen molar-refractivity contribution in [3.63, 3.8) is 0 Å². The molecule has 1 aliphatic rings. The minimum atomic E-state index is -0.774. The summed E-state index contributed by atoms with van der Waals surface area (Å²) in [4.78, 5) is 46.7. The minimum Gasteiger partial charge on any atom is -0.450 e. The van der Waals surface area contributed by atoms with Gasteiger partial charge in [0.2, 0.25) is 0 Å². The molecule has 8 nitrogen and oxygen atoms in total. The third-order valence-electron chi connectivity index (χ3n) is 5.17. The van der Waals surface area contributed by atoms with Crippen LogP contribution in [0.4, 0.5) is 10.5 Å². The number of fused-ring (bicyclic) bond motifs is 1. The monoisotopic (exact) mass is 458 g/mol. The molecule has 0 saturated carbocycles. The average Bonchev–Trinajstić information content (AvgIpc) is 3.43. The van der Waals surface area contributed by atoms with E-state index in [2.05, 4.69) is 15.3 Å². The fourth-order valence-electron chi connectivity index (χ4n) is 3.59. The molecule has 9 heteroatoms. The Bertz CT molecular complexity index is 1400. The molecule has 164 valence electrons. The van der Waals surface area contributed by atoms with E-state index in [1.165, 1.54) is 17.8 Å². The molecule has 1 saturated heterocycles. The Morgan fingerprint density at radius 1 is 1.03 bits per heavy atom. The summed E-state index contributed by atoms with van der Waals surface area (Å²) in [6, 6.07) is 17.4. The van der Waals surface area contributed by atoms with Crippen molar-refractivity contribution in [3.05, 3.63) is 77.6 Å². The van der Waals surface area contributed by atoms with Crippen LogP contribution in [-0.2, 0) is 16.0 Å². The molecule has 2 N–H and O–H groups in total. The molecular weight excluding hydrogens is 440 g/mol. The van der Waals surface area contributed by atoms with Gasteiger partial charge in [0, 0.05) is 0 Å². The molecular formula is C24H18N4O4S. The number of imidazole rings is 1. The maximum absolute atomic E-state index is 13.1. The SMILES string of the molecule is CCc1ccccc1N1C(=O)NC(=O)/C(=C\c2ccc(Sc3nc4ccccc4[nH]3)o2)C1=O. The Kier molecular flexibility index (Phi) is 5.31. The van der Waals surface area contributed by atoms with Gasteiger partial charge < -0.3 is 9.40 Å². The first-order chi connectivity index (χ1) is 16.0. The van der Waals surface area contributed by atoms with Crippen molar-refractivity contribution in [2.45, 2.75) is 23.6 Å². The smallest absolute Gasteiger partial charge is 0.335 e. The van der Waals surface area contributed by atoms with Gasteiger partial charge in [0.25, 0.3) is 11.8 Å². The number of aromatic amines is 1. The first-order valence-electron chi connectivity index (χ1n) is 10.3. The van der Waals surface area contributed by atoms with E-state index in [-0.39, 0.29) is 5.57 Å². The van der Waals surface area contributed by atoms with Crippen molar-refractivity contribution >= 4 is 52.4 Å². The van der Waals surface area contributed by atoms with Crippen LogP contribution in [0.25, 0.3) is 17.1 Å².